The van der Waals surface area contributed by atoms with Gasteiger partial charge in [-0.05, 0) is 13.8 Å². The number of hydrogen-bond acceptors (Lipinski definition) is 13. The molecule has 3 heterocycles. The normalized spacial score (nSPS) is 46.1. The third-order valence-electron chi connectivity index (χ3n) is 6.11. The Morgan fingerprint density at radius 1 is 0.618 bits per heavy atom. The number of ether oxygens (including phenoxy) is 6. The highest BCUT2D eigenvalue weighted by Crippen LogP contribution is 2.26. The fraction of sp³-hybridized carbons (Fsp3) is 1.00. The molecule has 0 amide bonds. The van der Waals surface area contributed by atoms with Crippen LogP contribution in [0.1, 0.15) is 33.1 Å². The van der Waals surface area contributed by atoms with Crippen LogP contribution in [0.2, 0.25) is 0 Å². The van der Waals surface area contributed by atoms with E-state index in [2.05, 4.69) is 0 Å². The second-order valence-corrected chi connectivity index (χ2v) is 9.27. The summed E-state index contributed by atoms with van der Waals surface area (Å²) in [5.41, 5.74) is 0. The lowest BCUT2D eigenvalue weighted by molar-refractivity contribution is -0.303. The summed E-state index contributed by atoms with van der Waals surface area (Å²) in [6.45, 7) is 3.28. The topological polar surface area (TPSA) is 197 Å². The minimum atomic E-state index is -1.28. The standard InChI is InChI=1S/C21H38O13/c1-9(2)29-6-14-20(27)11(23)4-18(33-14)31-8-15-21(28)12(24)5-17(34-15)30-7-13-19(26)10(22)3-16(25)32-13/h9-28H,3-8H2,1-2H3. The smallest absolute Gasteiger partial charge is 0.160 e. The third-order valence-corrected chi connectivity index (χ3v) is 6.11. The van der Waals surface area contributed by atoms with Gasteiger partial charge in [0.15, 0.2) is 18.9 Å². The van der Waals surface area contributed by atoms with Gasteiger partial charge in [0, 0.05) is 19.3 Å². The van der Waals surface area contributed by atoms with Gasteiger partial charge < -0.3 is 64.2 Å². The van der Waals surface area contributed by atoms with Crippen molar-refractivity contribution in [3.8, 4) is 0 Å². The molecular weight excluding hydrogens is 460 g/mol. The number of aliphatic hydroxyl groups excluding tert-OH is 7. The van der Waals surface area contributed by atoms with Crippen LogP contribution in [0.25, 0.3) is 0 Å². The number of rotatable bonds is 9. The minimum Gasteiger partial charge on any atom is -0.390 e. The molecule has 3 rings (SSSR count). The van der Waals surface area contributed by atoms with Crippen LogP contribution in [0.3, 0.4) is 0 Å². The average molecular weight is 499 g/mol. The average Bonchev–Trinajstić information content (AvgIpc) is 2.77. The van der Waals surface area contributed by atoms with E-state index in [9.17, 15) is 35.7 Å². The summed E-state index contributed by atoms with van der Waals surface area (Å²) < 4.78 is 33.2. The van der Waals surface area contributed by atoms with Gasteiger partial charge in [0.2, 0.25) is 0 Å². The molecule has 0 spiro atoms. The first-order chi connectivity index (χ1) is 16.0. The quantitative estimate of drug-likeness (QED) is 0.169. The third kappa shape index (κ3) is 7.49. The zero-order chi connectivity index (χ0) is 25.0. The van der Waals surface area contributed by atoms with Crippen molar-refractivity contribution < 1.29 is 64.2 Å². The van der Waals surface area contributed by atoms with E-state index in [0.29, 0.717) is 0 Å². The van der Waals surface area contributed by atoms with E-state index in [0.717, 1.165) is 0 Å². The molecule has 12 unspecified atom stereocenters. The molecule has 7 N–H and O–H groups in total. The van der Waals surface area contributed by atoms with Crippen molar-refractivity contribution in [3.05, 3.63) is 0 Å². The summed E-state index contributed by atoms with van der Waals surface area (Å²) in [4.78, 5) is 0. The van der Waals surface area contributed by atoms with Gasteiger partial charge in [0.05, 0.1) is 44.2 Å². The molecule has 3 fully saturated rings. The second kappa shape index (κ2) is 12.6. The van der Waals surface area contributed by atoms with Crippen molar-refractivity contribution >= 4 is 0 Å². The number of hydrogen-bond donors (Lipinski definition) is 7. The molecule has 13 heteroatoms. The lowest BCUT2D eigenvalue weighted by atomic mass is 10.0. The largest absolute Gasteiger partial charge is 0.390 e. The van der Waals surface area contributed by atoms with Crippen LogP contribution < -0.4 is 0 Å². The highest BCUT2D eigenvalue weighted by molar-refractivity contribution is 4.86. The second-order valence-electron chi connectivity index (χ2n) is 9.27. The molecule has 0 aromatic carbocycles. The van der Waals surface area contributed by atoms with Crippen molar-refractivity contribution in [2.45, 2.75) is 113 Å². The molecule has 3 aliphatic heterocycles. The zero-order valence-electron chi connectivity index (χ0n) is 19.3. The highest BCUT2D eigenvalue weighted by atomic mass is 16.7. The Morgan fingerprint density at radius 3 is 1.50 bits per heavy atom. The van der Waals surface area contributed by atoms with E-state index in [4.69, 9.17) is 28.4 Å². The molecular formula is C21H38O13. The van der Waals surface area contributed by atoms with Crippen molar-refractivity contribution in [1.29, 1.82) is 0 Å². The van der Waals surface area contributed by atoms with Gasteiger partial charge in [-0.2, -0.15) is 0 Å². The molecule has 0 bridgehead atoms. The van der Waals surface area contributed by atoms with E-state index in [1.165, 1.54) is 0 Å². The Morgan fingerprint density at radius 2 is 1.03 bits per heavy atom. The van der Waals surface area contributed by atoms with Crippen LogP contribution in [-0.2, 0) is 28.4 Å². The van der Waals surface area contributed by atoms with E-state index in [-0.39, 0.29) is 45.2 Å². The van der Waals surface area contributed by atoms with Gasteiger partial charge in [-0.1, -0.05) is 0 Å². The molecule has 12 atom stereocenters. The molecule has 13 nitrogen and oxygen atoms in total. The van der Waals surface area contributed by atoms with Gasteiger partial charge in [-0.25, -0.2) is 0 Å². The molecule has 3 saturated heterocycles. The molecule has 0 radical (unpaired) electrons. The maximum absolute atomic E-state index is 10.3. The van der Waals surface area contributed by atoms with Crippen LogP contribution in [-0.4, -0.2) is 135 Å². The first-order valence-corrected chi connectivity index (χ1v) is 11.6. The van der Waals surface area contributed by atoms with Gasteiger partial charge >= 0.3 is 0 Å². The summed E-state index contributed by atoms with van der Waals surface area (Å²) in [6.07, 6.45) is -13.3. The predicted molar refractivity (Wildman–Crippen MR) is 111 cm³/mol. The maximum Gasteiger partial charge on any atom is 0.160 e. The molecule has 0 aromatic rings. The van der Waals surface area contributed by atoms with Gasteiger partial charge in [-0.15, -0.1) is 0 Å². The van der Waals surface area contributed by atoms with Crippen LogP contribution >= 0.6 is 0 Å². The lowest BCUT2D eigenvalue weighted by Crippen LogP contribution is -2.54. The van der Waals surface area contributed by atoms with Crippen molar-refractivity contribution in [2.75, 3.05) is 19.8 Å². The Kier molecular flexibility index (Phi) is 10.4. The molecule has 3 aliphatic rings. The molecule has 34 heavy (non-hydrogen) atoms. The van der Waals surface area contributed by atoms with E-state index >= 15 is 0 Å². The molecule has 200 valence electrons. The van der Waals surface area contributed by atoms with Crippen molar-refractivity contribution in [2.24, 2.45) is 0 Å². The fourth-order valence-corrected chi connectivity index (χ4v) is 4.08. The van der Waals surface area contributed by atoms with Gasteiger partial charge in [0.25, 0.3) is 0 Å². The first-order valence-electron chi connectivity index (χ1n) is 11.6. The van der Waals surface area contributed by atoms with Crippen LogP contribution in [0.5, 0.6) is 0 Å². The SMILES string of the molecule is CC(C)OCC1OC(OCC2OC(OCC3OC(O)CC(O)C3O)CC(O)C2O)CC(O)C1O. The Hall–Kier alpha value is -0.520. The fourth-order valence-electron chi connectivity index (χ4n) is 4.08. The Bertz CT molecular complexity index is 609. The van der Waals surface area contributed by atoms with Crippen molar-refractivity contribution in [3.63, 3.8) is 0 Å². The van der Waals surface area contributed by atoms with Crippen molar-refractivity contribution in [1.82, 2.24) is 0 Å². The maximum atomic E-state index is 10.3. The van der Waals surface area contributed by atoms with E-state index in [1.54, 1.807) is 0 Å². The van der Waals surface area contributed by atoms with Crippen LogP contribution in [0.15, 0.2) is 0 Å². The Labute approximate surface area is 197 Å². The van der Waals surface area contributed by atoms with Crippen LogP contribution in [0, 0.1) is 0 Å². The summed E-state index contributed by atoms with van der Waals surface area (Å²) in [5.74, 6) is 0. The molecule has 0 aliphatic carbocycles. The summed E-state index contributed by atoms with van der Waals surface area (Å²) >= 11 is 0. The van der Waals surface area contributed by atoms with E-state index in [1.807, 2.05) is 13.8 Å². The monoisotopic (exact) mass is 498 g/mol. The zero-order valence-corrected chi connectivity index (χ0v) is 19.3. The van der Waals surface area contributed by atoms with Gasteiger partial charge in [0.1, 0.15) is 36.6 Å². The summed E-state index contributed by atoms with van der Waals surface area (Å²) in [5, 5.41) is 70.2. The van der Waals surface area contributed by atoms with E-state index < -0.39 is 73.8 Å². The molecule has 0 saturated carbocycles. The predicted octanol–water partition coefficient (Wildman–Crippen LogP) is -3.05. The molecule has 0 aromatic heterocycles. The highest BCUT2D eigenvalue weighted by Gasteiger charge is 2.42. The van der Waals surface area contributed by atoms with Gasteiger partial charge in [-0.3, -0.25) is 0 Å². The lowest BCUT2D eigenvalue weighted by Gasteiger charge is -2.40. The summed E-state index contributed by atoms with van der Waals surface area (Å²) in [7, 11) is 0. The first kappa shape index (κ1) is 28.1. The van der Waals surface area contributed by atoms with Crippen LogP contribution in [0.4, 0.5) is 0 Å². The summed E-state index contributed by atoms with van der Waals surface area (Å²) in [6, 6.07) is 0. The number of aliphatic hydroxyl groups is 7. The Balaban J connectivity index is 1.49. The minimum absolute atomic E-state index is 0.00774.